The predicted octanol–water partition coefficient (Wildman–Crippen LogP) is -0.489. The first-order valence-corrected chi connectivity index (χ1v) is 6.93. The maximum absolute atomic E-state index is 11.9. The van der Waals surface area contributed by atoms with Crippen LogP contribution in [0.25, 0.3) is 0 Å². The zero-order chi connectivity index (χ0) is 14.7. The van der Waals surface area contributed by atoms with Crippen molar-refractivity contribution in [1.82, 2.24) is 4.90 Å². The molecule has 1 saturated heterocycles. The van der Waals surface area contributed by atoms with E-state index in [1.165, 1.54) is 18.4 Å². The molecule has 0 aliphatic carbocycles. The predicted molar refractivity (Wildman–Crippen MR) is 72.7 cm³/mol. The van der Waals surface area contributed by atoms with Gasteiger partial charge >= 0.3 is 5.97 Å². The molecule has 1 aliphatic heterocycles. The zero-order valence-corrected chi connectivity index (χ0v) is 11.7. The standard InChI is InChI=1S/C12H16N2O5S/c1-19-12(18)11-7(2-3-20-11)13-10(17)6-14-4-8(15)9(16)5-14/h2-3,8-9,15-16H,4-6H2,1H3,(H,13,17). The van der Waals surface area contributed by atoms with Crippen molar-refractivity contribution < 1.29 is 24.5 Å². The van der Waals surface area contributed by atoms with Crippen LogP contribution in [0.1, 0.15) is 9.67 Å². The van der Waals surface area contributed by atoms with E-state index >= 15 is 0 Å². The van der Waals surface area contributed by atoms with E-state index in [0.717, 1.165) is 0 Å². The molecule has 1 aromatic rings. The number of β-amino-alcohol motifs (C(OH)–C–C–N with tert-alkyl or cyclic N) is 2. The minimum atomic E-state index is -0.824. The molecule has 0 radical (unpaired) electrons. The Labute approximate surface area is 119 Å². The van der Waals surface area contributed by atoms with Crippen molar-refractivity contribution in [3.63, 3.8) is 0 Å². The van der Waals surface area contributed by atoms with Gasteiger partial charge in [0.1, 0.15) is 4.88 Å². The molecule has 8 heteroatoms. The lowest BCUT2D eigenvalue weighted by Crippen LogP contribution is -2.32. The lowest BCUT2D eigenvalue weighted by atomic mass is 10.3. The maximum Gasteiger partial charge on any atom is 0.350 e. The van der Waals surface area contributed by atoms with Crippen LogP contribution in [0.2, 0.25) is 0 Å². The van der Waals surface area contributed by atoms with Gasteiger partial charge in [0.2, 0.25) is 5.91 Å². The number of hydrogen-bond donors (Lipinski definition) is 3. The fourth-order valence-corrected chi connectivity index (χ4v) is 2.79. The lowest BCUT2D eigenvalue weighted by Gasteiger charge is -2.14. The van der Waals surface area contributed by atoms with Gasteiger partial charge in [0.05, 0.1) is 31.5 Å². The number of amides is 1. The summed E-state index contributed by atoms with van der Waals surface area (Å²) in [5.41, 5.74) is 0.409. The Hall–Kier alpha value is -1.48. The molecule has 3 N–H and O–H groups in total. The molecular weight excluding hydrogens is 284 g/mol. The van der Waals surface area contributed by atoms with E-state index in [9.17, 15) is 19.8 Å². The van der Waals surface area contributed by atoms with Crippen molar-refractivity contribution in [2.75, 3.05) is 32.1 Å². The Morgan fingerprint density at radius 3 is 2.70 bits per heavy atom. The first kappa shape index (κ1) is 14.9. The number of hydrogen-bond acceptors (Lipinski definition) is 7. The number of likely N-dealkylation sites (tertiary alicyclic amines) is 1. The molecule has 1 aromatic heterocycles. The monoisotopic (exact) mass is 300 g/mol. The number of rotatable bonds is 4. The van der Waals surface area contributed by atoms with E-state index in [1.807, 2.05) is 0 Å². The smallest absolute Gasteiger partial charge is 0.350 e. The summed E-state index contributed by atoms with van der Waals surface area (Å²) in [5.74, 6) is -0.808. The molecule has 0 spiro atoms. The number of carbonyl (C=O) groups is 2. The third-order valence-corrected chi connectivity index (χ3v) is 3.91. The number of nitrogens with one attached hydrogen (secondary N) is 1. The van der Waals surface area contributed by atoms with Crippen LogP contribution in [0.5, 0.6) is 0 Å². The molecule has 110 valence electrons. The van der Waals surface area contributed by atoms with Crippen LogP contribution in [0, 0.1) is 0 Å². The lowest BCUT2D eigenvalue weighted by molar-refractivity contribution is -0.117. The zero-order valence-electron chi connectivity index (χ0n) is 10.9. The van der Waals surface area contributed by atoms with Gasteiger partial charge in [-0.1, -0.05) is 0 Å². The van der Waals surface area contributed by atoms with E-state index in [-0.39, 0.29) is 25.5 Å². The van der Waals surface area contributed by atoms with Gasteiger partial charge in [-0.3, -0.25) is 9.69 Å². The van der Waals surface area contributed by atoms with E-state index in [0.29, 0.717) is 10.6 Å². The van der Waals surface area contributed by atoms with Crippen LogP contribution < -0.4 is 5.32 Å². The van der Waals surface area contributed by atoms with E-state index in [1.54, 1.807) is 16.3 Å². The van der Waals surface area contributed by atoms with Crippen LogP contribution in [0.4, 0.5) is 5.69 Å². The molecule has 2 unspecified atom stereocenters. The van der Waals surface area contributed by atoms with Gasteiger partial charge in [-0.15, -0.1) is 11.3 Å². The summed E-state index contributed by atoms with van der Waals surface area (Å²) >= 11 is 1.18. The summed E-state index contributed by atoms with van der Waals surface area (Å²) in [5, 5.41) is 23.1. The van der Waals surface area contributed by atoms with Crippen LogP contribution in [-0.2, 0) is 9.53 Å². The Morgan fingerprint density at radius 1 is 1.45 bits per heavy atom. The van der Waals surface area contributed by atoms with Gasteiger partial charge in [0, 0.05) is 13.1 Å². The highest BCUT2D eigenvalue weighted by atomic mass is 32.1. The average molecular weight is 300 g/mol. The van der Waals surface area contributed by atoms with Crippen molar-refractivity contribution in [3.05, 3.63) is 16.3 Å². The molecule has 2 rings (SSSR count). The number of methoxy groups -OCH3 is 1. The molecule has 0 saturated carbocycles. The second kappa shape index (κ2) is 6.31. The fraction of sp³-hybridized carbons (Fsp3) is 0.500. The fourth-order valence-electron chi connectivity index (χ4n) is 2.03. The van der Waals surface area contributed by atoms with Crippen LogP contribution in [-0.4, -0.2) is 65.9 Å². The number of anilines is 1. The summed E-state index contributed by atoms with van der Waals surface area (Å²) in [6.45, 7) is 0.550. The van der Waals surface area contributed by atoms with Crippen LogP contribution in [0.3, 0.4) is 0 Å². The number of thiophene rings is 1. The normalized spacial score (nSPS) is 22.8. The van der Waals surface area contributed by atoms with Gasteiger partial charge in [-0.25, -0.2) is 4.79 Å². The van der Waals surface area contributed by atoms with E-state index < -0.39 is 18.2 Å². The van der Waals surface area contributed by atoms with Gasteiger partial charge in [0.15, 0.2) is 0 Å². The summed E-state index contributed by atoms with van der Waals surface area (Å²) in [6.07, 6.45) is -1.65. The minimum Gasteiger partial charge on any atom is -0.465 e. The van der Waals surface area contributed by atoms with Crippen LogP contribution >= 0.6 is 11.3 Å². The first-order valence-electron chi connectivity index (χ1n) is 6.05. The minimum absolute atomic E-state index is 0.0462. The van der Waals surface area contributed by atoms with Crippen molar-refractivity contribution in [2.45, 2.75) is 12.2 Å². The summed E-state index contributed by atoms with van der Waals surface area (Å²) < 4.78 is 4.62. The quantitative estimate of drug-likeness (QED) is 0.649. The van der Waals surface area contributed by atoms with E-state index in [2.05, 4.69) is 10.1 Å². The van der Waals surface area contributed by atoms with Crippen molar-refractivity contribution in [3.8, 4) is 0 Å². The first-order chi connectivity index (χ1) is 9.51. The summed E-state index contributed by atoms with van der Waals surface area (Å²) in [7, 11) is 1.28. The van der Waals surface area contributed by atoms with Crippen molar-refractivity contribution in [2.24, 2.45) is 0 Å². The molecule has 20 heavy (non-hydrogen) atoms. The van der Waals surface area contributed by atoms with Gasteiger partial charge in [-0.05, 0) is 11.4 Å². The summed E-state index contributed by atoms with van der Waals surface area (Å²) in [4.78, 5) is 25.3. The molecule has 2 heterocycles. The largest absolute Gasteiger partial charge is 0.465 e. The maximum atomic E-state index is 11.9. The van der Waals surface area contributed by atoms with Crippen LogP contribution in [0.15, 0.2) is 11.4 Å². The molecule has 0 aromatic carbocycles. The number of carbonyl (C=O) groups excluding carboxylic acids is 2. The Bertz CT molecular complexity index is 494. The molecule has 0 bridgehead atoms. The Morgan fingerprint density at radius 2 is 2.10 bits per heavy atom. The highest BCUT2D eigenvalue weighted by Gasteiger charge is 2.30. The van der Waals surface area contributed by atoms with Gasteiger partial charge < -0.3 is 20.3 Å². The number of aliphatic hydroxyl groups is 2. The molecule has 7 nitrogen and oxygen atoms in total. The van der Waals surface area contributed by atoms with Gasteiger partial charge in [-0.2, -0.15) is 0 Å². The average Bonchev–Trinajstić information content (AvgIpc) is 2.96. The van der Waals surface area contributed by atoms with E-state index in [4.69, 9.17) is 0 Å². The highest BCUT2D eigenvalue weighted by molar-refractivity contribution is 7.12. The third-order valence-electron chi connectivity index (χ3n) is 3.01. The van der Waals surface area contributed by atoms with Crippen molar-refractivity contribution in [1.29, 1.82) is 0 Å². The second-order valence-electron chi connectivity index (χ2n) is 4.53. The molecule has 1 amide bonds. The Balaban J connectivity index is 1.92. The topological polar surface area (TPSA) is 99.1 Å². The third kappa shape index (κ3) is 3.34. The number of nitrogens with zero attached hydrogens (tertiary/aromatic N) is 1. The number of ether oxygens (including phenoxy) is 1. The molecule has 1 fully saturated rings. The van der Waals surface area contributed by atoms with Gasteiger partial charge in [0.25, 0.3) is 0 Å². The molecule has 2 atom stereocenters. The van der Waals surface area contributed by atoms with Crippen molar-refractivity contribution >= 4 is 28.9 Å². The second-order valence-corrected chi connectivity index (χ2v) is 5.45. The summed E-state index contributed by atoms with van der Waals surface area (Å²) in [6, 6.07) is 1.63. The molecule has 1 aliphatic rings. The number of aliphatic hydroxyl groups excluding tert-OH is 2. The highest BCUT2D eigenvalue weighted by Crippen LogP contribution is 2.23. The SMILES string of the molecule is COC(=O)c1sccc1NC(=O)CN1CC(O)C(O)C1. The Kier molecular flexibility index (Phi) is 4.71. The number of esters is 1. The molecular formula is C12H16N2O5S.